The van der Waals surface area contributed by atoms with Crippen molar-refractivity contribution in [3.63, 3.8) is 0 Å². The Morgan fingerprint density at radius 1 is 1.00 bits per heavy atom. The molecule has 0 aliphatic carbocycles. The summed E-state index contributed by atoms with van der Waals surface area (Å²) in [4.78, 5) is 34.3. The van der Waals surface area contributed by atoms with Crippen molar-refractivity contribution in [2.75, 3.05) is 0 Å². The molecular weight excluding hydrogens is 358 g/mol. The third-order valence-electron chi connectivity index (χ3n) is 3.71. The molecule has 0 saturated heterocycles. The molecule has 7 nitrogen and oxygen atoms in total. The fourth-order valence-electron chi connectivity index (χ4n) is 2.18. The number of benzene rings is 2. The van der Waals surface area contributed by atoms with Crippen LogP contribution in [0.4, 0.5) is 5.69 Å². The molecule has 2 N–H and O–H groups in total. The molecule has 0 unspecified atom stereocenters. The number of hydrogen-bond donors (Lipinski definition) is 2. The average molecular weight is 376 g/mol. The van der Waals surface area contributed by atoms with Crippen molar-refractivity contribution >= 4 is 29.1 Å². The Bertz CT molecular complexity index is 858. The highest BCUT2D eigenvalue weighted by Crippen LogP contribution is 2.23. The maximum absolute atomic E-state index is 12.1. The summed E-state index contributed by atoms with van der Waals surface area (Å²) in [5.41, 5.74) is 5.75. The van der Waals surface area contributed by atoms with Crippen molar-refractivity contribution in [3.8, 4) is 0 Å². The molecule has 0 fully saturated rings. The number of hydrogen-bond acceptors (Lipinski definition) is 4. The van der Waals surface area contributed by atoms with Crippen LogP contribution in [0.3, 0.4) is 0 Å². The second kappa shape index (κ2) is 7.53. The van der Waals surface area contributed by atoms with Gasteiger partial charge in [-0.05, 0) is 29.2 Å². The summed E-state index contributed by atoms with van der Waals surface area (Å²) in [5.74, 6) is -1.17. The van der Waals surface area contributed by atoms with Gasteiger partial charge in [0.05, 0.1) is 15.5 Å². The first-order valence-electron chi connectivity index (χ1n) is 7.75. The Morgan fingerprint density at radius 3 is 2.08 bits per heavy atom. The summed E-state index contributed by atoms with van der Waals surface area (Å²) in [6.45, 7) is 6.20. The van der Waals surface area contributed by atoms with Crippen LogP contribution in [-0.2, 0) is 5.41 Å². The van der Waals surface area contributed by atoms with E-state index in [9.17, 15) is 19.7 Å². The first-order chi connectivity index (χ1) is 12.1. The normalized spacial score (nSPS) is 10.9. The van der Waals surface area contributed by atoms with Crippen LogP contribution in [-0.4, -0.2) is 16.7 Å². The summed E-state index contributed by atoms with van der Waals surface area (Å²) in [7, 11) is 0. The SMILES string of the molecule is CC(C)(C)c1ccc(C(=O)NNC(=O)c2ccc([N+](=O)[O-])cc2Cl)cc1. The highest BCUT2D eigenvalue weighted by Gasteiger charge is 2.17. The van der Waals surface area contributed by atoms with Crippen LogP contribution in [0.2, 0.25) is 5.02 Å². The van der Waals surface area contributed by atoms with Gasteiger partial charge in [0.2, 0.25) is 0 Å². The molecular formula is C18H18ClN3O4. The predicted octanol–water partition coefficient (Wildman–Crippen LogP) is 3.62. The second-order valence-corrected chi connectivity index (χ2v) is 7.06. The van der Waals surface area contributed by atoms with Gasteiger partial charge < -0.3 is 0 Å². The minimum Gasteiger partial charge on any atom is -0.267 e. The van der Waals surface area contributed by atoms with Gasteiger partial charge in [0.25, 0.3) is 17.5 Å². The number of nitro benzene ring substituents is 1. The van der Waals surface area contributed by atoms with Crippen LogP contribution in [0.15, 0.2) is 42.5 Å². The average Bonchev–Trinajstić information content (AvgIpc) is 2.58. The largest absolute Gasteiger partial charge is 0.271 e. The number of nitrogens with zero attached hydrogens (tertiary/aromatic N) is 1. The number of carbonyl (C=O) groups excluding carboxylic acids is 2. The van der Waals surface area contributed by atoms with Crippen LogP contribution < -0.4 is 10.9 Å². The summed E-state index contributed by atoms with van der Waals surface area (Å²) >= 11 is 5.88. The number of rotatable bonds is 3. The zero-order valence-corrected chi connectivity index (χ0v) is 15.3. The Kier molecular flexibility index (Phi) is 5.62. The lowest BCUT2D eigenvalue weighted by molar-refractivity contribution is -0.384. The number of hydrazine groups is 1. The lowest BCUT2D eigenvalue weighted by Crippen LogP contribution is -2.41. The monoisotopic (exact) mass is 375 g/mol. The van der Waals surface area contributed by atoms with Gasteiger partial charge >= 0.3 is 0 Å². The third kappa shape index (κ3) is 4.58. The van der Waals surface area contributed by atoms with Crippen molar-refractivity contribution in [1.29, 1.82) is 0 Å². The minimum absolute atomic E-state index is 0.0145. The quantitative estimate of drug-likeness (QED) is 0.631. The zero-order valence-electron chi connectivity index (χ0n) is 14.5. The van der Waals surface area contributed by atoms with E-state index in [1.807, 2.05) is 12.1 Å². The topological polar surface area (TPSA) is 101 Å². The summed E-state index contributed by atoms with van der Waals surface area (Å²) in [6.07, 6.45) is 0. The number of nitrogens with one attached hydrogen (secondary N) is 2. The van der Waals surface area contributed by atoms with Gasteiger partial charge in [-0.3, -0.25) is 30.6 Å². The maximum Gasteiger partial charge on any atom is 0.271 e. The van der Waals surface area contributed by atoms with Crippen LogP contribution in [0.25, 0.3) is 0 Å². The van der Waals surface area contributed by atoms with Crippen molar-refractivity contribution < 1.29 is 14.5 Å². The Hall–Kier alpha value is -2.93. The predicted molar refractivity (Wildman–Crippen MR) is 98.2 cm³/mol. The Morgan fingerprint density at radius 2 is 1.58 bits per heavy atom. The van der Waals surface area contributed by atoms with E-state index in [1.54, 1.807) is 12.1 Å². The molecule has 0 atom stereocenters. The van der Waals surface area contributed by atoms with E-state index in [0.29, 0.717) is 5.56 Å². The molecule has 2 rings (SSSR count). The van der Waals surface area contributed by atoms with E-state index >= 15 is 0 Å². The van der Waals surface area contributed by atoms with Crippen LogP contribution >= 0.6 is 11.6 Å². The molecule has 2 aromatic rings. The molecule has 0 aliphatic rings. The van der Waals surface area contributed by atoms with E-state index in [1.165, 1.54) is 6.07 Å². The molecule has 0 aliphatic heterocycles. The number of non-ortho nitro benzene ring substituents is 1. The molecule has 0 bridgehead atoms. The van der Waals surface area contributed by atoms with Crippen molar-refractivity contribution in [1.82, 2.24) is 10.9 Å². The molecule has 0 heterocycles. The summed E-state index contributed by atoms with van der Waals surface area (Å²) < 4.78 is 0. The highest BCUT2D eigenvalue weighted by atomic mass is 35.5. The van der Waals surface area contributed by atoms with Crippen molar-refractivity contribution in [2.24, 2.45) is 0 Å². The number of nitro groups is 1. The van der Waals surface area contributed by atoms with Gasteiger partial charge in [-0.2, -0.15) is 0 Å². The fraction of sp³-hybridized carbons (Fsp3) is 0.222. The Labute approximate surface area is 155 Å². The first-order valence-corrected chi connectivity index (χ1v) is 8.12. The van der Waals surface area contributed by atoms with E-state index in [2.05, 4.69) is 31.6 Å². The molecule has 2 amide bonds. The zero-order chi connectivity index (χ0) is 19.5. The van der Waals surface area contributed by atoms with Gasteiger partial charge in [0.1, 0.15) is 0 Å². The smallest absolute Gasteiger partial charge is 0.267 e. The van der Waals surface area contributed by atoms with E-state index in [0.717, 1.165) is 17.7 Å². The van der Waals surface area contributed by atoms with Crippen molar-refractivity contribution in [3.05, 3.63) is 74.3 Å². The van der Waals surface area contributed by atoms with Gasteiger partial charge in [0.15, 0.2) is 0 Å². The molecule has 26 heavy (non-hydrogen) atoms. The van der Waals surface area contributed by atoms with E-state index in [-0.39, 0.29) is 21.7 Å². The lowest BCUT2D eigenvalue weighted by Gasteiger charge is -2.19. The minimum atomic E-state index is -0.676. The van der Waals surface area contributed by atoms with E-state index in [4.69, 9.17) is 11.6 Å². The van der Waals surface area contributed by atoms with Crippen LogP contribution in [0, 0.1) is 10.1 Å². The van der Waals surface area contributed by atoms with Crippen LogP contribution in [0.1, 0.15) is 47.1 Å². The second-order valence-electron chi connectivity index (χ2n) is 6.66. The third-order valence-corrected chi connectivity index (χ3v) is 4.02. The van der Waals surface area contributed by atoms with Gasteiger partial charge in [-0.1, -0.05) is 44.5 Å². The lowest BCUT2D eigenvalue weighted by atomic mass is 9.87. The van der Waals surface area contributed by atoms with Crippen molar-refractivity contribution in [2.45, 2.75) is 26.2 Å². The maximum atomic E-state index is 12.1. The molecule has 0 spiro atoms. The highest BCUT2D eigenvalue weighted by molar-refractivity contribution is 6.34. The molecule has 8 heteroatoms. The van der Waals surface area contributed by atoms with Gasteiger partial charge in [-0.25, -0.2) is 0 Å². The van der Waals surface area contributed by atoms with Gasteiger partial charge in [0, 0.05) is 17.7 Å². The number of amides is 2. The summed E-state index contributed by atoms with van der Waals surface area (Å²) in [6, 6.07) is 10.5. The molecule has 136 valence electrons. The number of halogens is 1. The summed E-state index contributed by atoms with van der Waals surface area (Å²) in [5, 5.41) is 10.6. The Balaban J connectivity index is 2.03. The van der Waals surface area contributed by atoms with E-state index < -0.39 is 16.7 Å². The molecule has 0 saturated carbocycles. The van der Waals surface area contributed by atoms with Gasteiger partial charge in [-0.15, -0.1) is 0 Å². The number of carbonyl (C=O) groups is 2. The fourth-order valence-corrected chi connectivity index (χ4v) is 2.44. The first kappa shape index (κ1) is 19.4. The van der Waals surface area contributed by atoms with Crippen LogP contribution in [0.5, 0.6) is 0 Å². The standard InChI is InChI=1S/C18H18ClN3O4/c1-18(2,3)12-6-4-11(5-7-12)16(23)20-21-17(24)14-9-8-13(22(25)26)10-15(14)19/h4-10H,1-3H3,(H,20,23)(H,21,24). The molecule has 2 aromatic carbocycles. The molecule has 0 radical (unpaired) electrons. The molecule has 0 aromatic heterocycles.